The van der Waals surface area contributed by atoms with Crippen molar-refractivity contribution < 1.29 is 0 Å². The minimum atomic E-state index is 1.50. The molecule has 0 atom stereocenters. The molecule has 0 spiro atoms. The third kappa shape index (κ3) is 26.2. The van der Waals surface area contributed by atoms with E-state index in [1.807, 2.05) is 0 Å². The molecule has 0 aliphatic heterocycles. The zero-order chi connectivity index (χ0) is 18.4. The smallest absolute Gasteiger partial charge is 0.0533 e. The normalized spacial score (nSPS) is 24.0. The van der Waals surface area contributed by atoms with E-state index in [1.165, 1.54) is 167 Å². The third-order valence-corrected chi connectivity index (χ3v) is 5.71. The molecule has 7 aliphatic rings. The first-order chi connectivity index (χ1) is 13.0. The summed E-state index contributed by atoms with van der Waals surface area (Å²) >= 11 is 0. The van der Waals surface area contributed by atoms with Crippen molar-refractivity contribution in [1.82, 2.24) is 0 Å². The fourth-order valence-electron chi connectivity index (χ4n) is 1.25. The van der Waals surface area contributed by atoms with Gasteiger partial charge in [0, 0.05) is 0 Å². The molecule has 26 heavy (non-hydrogen) atoms. The molecule has 7 rings (SSSR count). The largest absolute Gasteiger partial charge is 0.0533 e. The fraction of sp³-hybridized carbons (Fsp3) is 1.00. The highest BCUT2D eigenvalue weighted by atomic mass is 14.0. The Labute approximate surface area is 167 Å². The molecule has 156 valence electrons. The molecule has 0 heterocycles. The van der Waals surface area contributed by atoms with Crippen LogP contribution in [0.5, 0.6) is 0 Å². The summed E-state index contributed by atoms with van der Waals surface area (Å²) in [6, 6.07) is 0. The van der Waals surface area contributed by atoms with Crippen molar-refractivity contribution in [1.29, 1.82) is 0 Å². The van der Waals surface area contributed by atoms with Gasteiger partial charge in [-0.3, -0.25) is 0 Å². The van der Waals surface area contributed by atoms with E-state index in [2.05, 4.69) is 0 Å². The summed E-state index contributed by atoms with van der Waals surface area (Å²) in [5.74, 6) is 0. The predicted molar refractivity (Wildman–Crippen MR) is 120 cm³/mol. The van der Waals surface area contributed by atoms with Crippen molar-refractivity contribution in [3.05, 3.63) is 0 Å². The van der Waals surface area contributed by atoms with Gasteiger partial charge in [0.1, 0.15) is 0 Å². The second kappa shape index (κ2) is 21.3. The molecule has 0 heteroatoms. The Hall–Kier alpha value is 0. The van der Waals surface area contributed by atoms with Crippen LogP contribution in [0.15, 0.2) is 0 Å². The van der Waals surface area contributed by atoms with Gasteiger partial charge in [-0.2, -0.15) is 0 Å². The van der Waals surface area contributed by atoms with Crippen LogP contribution >= 0.6 is 0 Å². The molecular formula is C26H52. The second-order valence-corrected chi connectivity index (χ2v) is 9.19. The molecule has 0 unspecified atom stereocenters. The highest BCUT2D eigenvalue weighted by Crippen LogP contribution is 2.17. The molecule has 0 aromatic heterocycles. The summed E-state index contributed by atoms with van der Waals surface area (Å²) in [5, 5.41) is 0. The zero-order valence-electron chi connectivity index (χ0n) is 18.4. The van der Waals surface area contributed by atoms with E-state index in [-0.39, 0.29) is 0 Å². The van der Waals surface area contributed by atoms with Crippen LogP contribution in [0.1, 0.15) is 167 Å². The third-order valence-electron chi connectivity index (χ3n) is 5.71. The lowest BCUT2D eigenvalue weighted by Crippen LogP contribution is -1.85. The van der Waals surface area contributed by atoms with Crippen molar-refractivity contribution in [2.45, 2.75) is 167 Å². The zero-order valence-corrected chi connectivity index (χ0v) is 18.4. The van der Waals surface area contributed by atoms with Crippen molar-refractivity contribution in [2.75, 3.05) is 0 Å². The number of rotatable bonds is 0. The predicted octanol–water partition coefficient (Wildman–Crippen LogP) is 10.1. The molecule has 0 radical (unpaired) electrons. The average Bonchev–Trinajstić information content (AvgIpc) is 3.13. The molecule has 0 N–H and O–H groups in total. The van der Waals surface area contributed by atoms with Crippen molar-refractivity contribution in [3.63, 3.8) is 0 Å². The SMILES string of the molecule is C1CC1.C1CC1.C1CCC1.C1CCC1.C1CCC1.C1CCC1.C1CCC1. The Bertz CT molecular complexity index is 142. The monoisotopic (exact) mass is 364 g/mol. The summed E-state index contributed by atoms with van der Waals surface area (Å²) in [6.07, 6.45) is 39.0. The summed E-state index contributed by atoms with van der Waals surface area (Å²) in [6.45, 7) is 0. The van der Waals surface area contributed by atoms with E-state index in [0.717, 1.165) is 0 Å². The lowest BCUT2D eigenvalue weighted by molar-refractivity contribution is 0.504. The molecule has 7 fully saturated rings. The Morgan fingerprint density at radius 2 is 0.115 bits per heavy atom. The van der Waals surface area contributed by atoms with Crippen LogP contribution in [-0.4, -0.2) is 0 Å². The van der Waals surface area contributed by atoms with Gasteiger partial charge in [-0.05, 0) is 0 Å². The Morgan fingerprint density at radius 1 is 0.0769 bits per heavy atom. The topological polar surface area (TPSA) is 0 Å². The van der Waals surface area contributed by atoms with Gasteiger partial charge in [-0.1, -0.05) is 167 Å². The van der Waals surface area contributed by atoms with Crippen molar-refractivity contribution >= 4 is 0 Å². The van der Waals surface area contributed by atoms with Crippen LogP contribution in [0.4, 0.5) is 0 Å². The Kier molecular flexibility index (Phi) is 19.7. The summed E-state index contributed by atoms with van der Waals surface area (Å²) in [4.78, 5) is 0. The maximum atomic E-state index is 1.50. The van der Waals surface area contributed by atoms with E-state index < -0.39 is 0 Å². The van der Waals surface area contributed by atoms with E-state index in [9.17, 15) is 0 Å². The second-order valence-electron chi connectivity index (χ2n) is 9.19. The van der Waals surface area contributed by atoms with E-state index in [1.54, 1.807) is 0 Å². The maximum Gasteiger partial charge on any atom is -0.0533 e. The molecule has 7 saturated carbocycles. The lowest BCUT2D eigenvalue weighted by atomic mass is 10.0. The molecule has 0 saturated heterocycles. The number of hydrogen-bond acceptors (Lipinski definition) is 0. The Morgan fingerprint density at radius 3 is 0.115 bits per heavy atom. The Balaban J connectivity index is 0.000000152. The first kappa shape index (κ1) is 24.0. The van der Waals surface area contributed by atoms with Gasteiger partial charge in [0.05, 0.1) is 0 Å². The highest BCUT2D eigenvalue weighted by Gasteiger charge is 1.97. The summed E-state index contributed by atoms with van der Waals surface area (Å²) in [7, 11) is 0. The summed E-state index contributed by atoms with van der Waals surface area (Å²) < 4.78 is 0. The first-order valence-corrected chi connectivity index (χ1v) is 13.0. The van der Waals surface area contributed by atoms with Gasteiger partial charge in [-0.15, -0.1) is 0 Å². The van der Waals surface area contributed by atoms with Gasteiger partial charge < -0.3 is 0 Å². The fourth-order valence-corrected chi connectivity index (χ4v) is 1.25. The highest BCUT2D eigenvalue weighted by molar-refractivity contribution is 4.53. The molecular weight excluding hydrogens is 312 g/mol. The quantitative estimate of drug-likeness (QED) is 0.401. The first-order valence-electron chi connectivity index (χ1n) is 13.0. The van der Waals surface area contributed by atoms with Crippen LogP contribution in [0.25, 0.3) is 0 Å². The minimum absolute atomic E-state index is 1.50. The van der Waals surface area contributed by atoms with Gasteiger partial charge >= 0.3 is 0 Å². The van der Waals surface area contributed by atoms with Crippen LogP contribution in [0, 0.1) is 0 Å². The van der Waals surface area contributed by atoms with Crippen LogP contribution in [0.2, 0.25) is 0 Å². The van der Waals surface area contributed by atoms with Crippen LogP contribution < -0.4 is 0 Å². The van der Waals surface area contributed by atoms with Crippen LogP contribution in [0.3, 0.4) is 0 Å². The summed E-state index contributed by atoms with van der Waals surface area (Å²) in [5.41, 5.74) is 0. The van der Waals surface area contributed by atoms with E-state index in [4.69, 9.17) is 0 Å². The van der Waals surface area contributed by atoms with Gasteiger partial charge in [0.15, 0.2) is 0 Å². The van der Waals surface area contributed by atoms with E-state index >= 15 is 0 Å². The molecule has 0 nitrogen and oxygen atoms in total. The minimum Gasteiger partial charge on any atom is -0.0533 e. The molecule has 0 aromatic rings. The molecule has 7 aliphatic carbocycles. The van der Waals surface area contributed by atoms with E-state index in [0.29, 0.717) is 0 Å². The number of hydrogen-bond donors (Lipinski definition) is 0. The maximum absolute atomic E-state index is 1.50. The standard InChI is InChI=1S/5C4H8.2C3H6/c5*1-2-4-3-1;2*1-2-3-1/h5*1-4H2;2*1-3H2. The average molecular weight is 365 g/mol. The molecule has 0 bridgehead atoms. The lowest BCUT2D eigenvalue weighted by Gasteiger charge is -2.05. The van der Waals surface area contributed by atoms with Gasteiger partial charge in [0.25, 0.3) is 0 Å². The molecule has 0 amide bonds. The van der Waals surface area contributed by atoms with Gasteiger partial charge in [-0.25, -0.2) is 0 Å². The molecule has 0 aromatic carbocycles. The van der Waals surface area contributed by atoms with Crippen molar-refractivity contribution in [2.24, 2.45) is 0 Å². The van der Waals surface area contributed by atoms with Crippen LogP contribution in [-0.2, 0) is 0 Å². The van der Waals surface area contributed by atoms with Crippen molar-refractivity contribution in [3.8, 4) is 0 Å². The van der Waals surface area contributed by atoms with Gasteiger partial charge in [0.2, 0.25) is 0 Å².